The summed E-state index contributed by atoms with van der Waals surface area (Å²) in [7, 11) is 1.92. The van der Waals surface area contributed by atoms with Crippen LogP contribution in [-0.2, 0) is 23.0 Å². The van der Waals surface area contributed by atoms with Gasteiger partial charge >= 0.3 is 5.97 Å². The minimum atomic E-state index is -0.195. The van der Waals surface area contributed by atoms with E-state index in [1.807, 2.05) is 42.8 Å². The zero-order valence-corrected chi connectivity index (χ0v) is 17.6. The Morgan fingerprint density at radius 1 is 1.40 bits per heavy atom. The quantitative estimate of drug-likeness (QED) is 0.412. The molecule has 1 atom stereocenters. The molecule has 1 aromatic carbocycles. The van der Waals surface area contributed by atoms with E-state index >= 15 is 0 Å². The minimum Gasteiger partial charge on any atom is -0.490 e. The molecule has 25 heavy (non-hydrogen) atoms. The second-order valence-corrected chi connectivity index (χ2v) is 7.29. The van der Waals surface area contributed by atoms with E-state index in [0.717, 1.165) is 33.8 Å². The molecule has 0 aliphatic heterocycles. The molecular formula is C19H25N2O2SYb-. The Bertz CT molecular complexity index is 752. The van der Waals surface area contributed by atoms with E-state index in [9.17, 15) is 4.79 Å². The Balaban J connectivity index is 0.00000312. The van der Waals surface area contributed by atoms with Gasteiger partial charge in [0.15, 0.2) is 0 Å². The number of aryl methyl sites for hydroxylation is 2. The Morgan fingerprint density at radius 3 is 2.76 bits per heavy atom. The van der Waals surface area contributed by atoms with Gasteiger partial charge in [0.1, 0.15) is 0 Å². The summed E-state index contributed by atoms with van der Waals surface area (Å²) >= 11 is 1.58. The van der Waals surface area contributed by atoms with Crippen molar-refractivity contribution >= 4 is 23.0 Å². The molecule has 0 N–H and O–H groups in total. The van der Waals surface area contributed by atoms with Crippen LogP contribution >= 0.6 is 11.3 Å². The molecule has 2 rings (SSSR count). The van der Waals surface area contributed by atoms with Gasteiger partial charge in [0, 0.05) is 57.4 Å². The van der Waals surface area contributed by atoms with Crippen molar-refractivity contribution in [2.24, 2.45) is 18.0 Å². The summed E-state index contributed by atoms with van der Waals surface area (Å²) in [6.45, 7) is 6.74. The third-order valence-electron chi connectivity index (χ3n) is 3.71. The van der Waals surface area contributed by atoms with E-state index in [4.69, 9.17) is 4.74 Å². The number of ether oxygens (including phenoxy) is 1. The van der Waals surface area contributed by atoms with Crippen LogP contribution in [0, 0.1) is 66.0 Å². The molecule has 0 aliphatic carbocycles. The van der Waals surface area contributed by atoms with Crippen molar-refractivity contribution in [1.82, 2.24) is 4.57 Å². The Labute approximate surface area is 192 Å². The number of para-hydroxylation sites is 1. The first kappa shape index (κ1) is 22.7. The van der Waals surface area contributed by atoms with Crippen LogP contribution in [0.1, 0.15) is 37.1 Å². The van der Waals surface area contributed by atoms with Crippen LogP contribution in [0.2, 0.25) is 0 Å². The molecule has 6 heteroatoms. The number of aromatic nitrogens is 1. The molecule has 1 heterocycles. The van der Waals surface area contributed by atoms with E-state index in [-0.39, 0.29) is 59.3 Å². The maximum atomic E-state index is 12.1. The Morgan fingerprint density at radius 2 is 2.12 bits per heavy atom. The van der Waals surface area contributed by atoms with Gasteiger partial charge in [-0.05, 0) is 37.9 Å². The van der Waals surface area contributed by atoms with Crippen LogP contribution in [-0.4, -0.2) is 17.1 Å². The van der Waals surface area contributed by atoms with Crippen molar-refractivity contribution < 1.29 is 56.5 Å². The third kappa shape index (κ3) is 7.41. The number of hydrogen-bond acceptors (Lipinski definition) is 4. The fraction of sp³-hybridized carbons (Fsp3) is 0.474. The van der Waals surface area contributed by atoms with E-state index in [2.05, 4.69) is 25.0 Å². The average molecular weight is 519 g/mol. The molecule has 1 aromatic heterocycles. The van der Waals surface area contributed by atoms with E-state index in [1.54, 1.807) is 11.3 Å². The molecule has 2 aromatic rings. The Kier molecular flexibility index (Phi) is 10.3. The summed E-state index contributed by atoms with van der Waals surface area (Å²) in [6, 6.07) is 7.71. The number of carbonyl (C=O) groups excluding carboxylic acids is 1. The zero-order chi connectivity index (χ0) is 17.5. The van der Waals surface area contributed by atoms with Gasteiger partial charge in [-0.2, -0.15) is 6.20 Å². The number of hydrogen-bond donors (Lipinski definition) is 0. The van der Waals surface area contributed by atoms with Gasteiger partial charge < -0.3 is 14.3 Å². The minimum absolute atomic E-state index is 0. The van der Waals surface area contributed by atoms with Crippen molar-refractivity contribution in [2.45, 2.75) is 40.0 Å². The molecule has 0 amide bonds. The summed E-state index contributed by atoms with van der Waals surface area (Å²) in [5.41, 5.74) is 1.69. The average Bonchev–Trinajstić information content (AvgIpc) is 2.85. The first-order valence-electron chi connectivity index (χ1n) is 8.33. The second-order valence-electron chi connectivity index (χ2n) is 6.11. The number of esters is 1. The maximum Gasteiger partial charge on any atom is 0.310 e. The number of thiazole rings is 1. The van der Waals surface area contributed by atoms with Crippen LogP contribution in [0.15, 0.2) is 29.3 Å². The van der Waals surface area contributed by atoms with Gasteiger partial charge in [0.2, 0.25) is 0 Å². The molecule has 0 saturated carbocycles. The van der Waals surface area contributed by atoms with Gasteiger partial charge in [-0.15, -0.1) is 0 Å². The van der Waals surface area contributed by atoms with Gasteiger partial charge in [-0.1, -0.05) is 43.3 Å². The van der Waals surface area contributed by atoms with E-state index in [0.29, 0.717) is 12.5 Å². The molecule has 4 nitrogen and oxygen atoms in total. The molecule has 0 bridgehead atoms. The van der Waals surface area contributed by atoms with Gasteiger partial charge in [-0.25, -0.2) is 11.3 Å². The molecule has 0 spiro atoms. The molecule has 1 unspecified atom stereocenters. The van der Waals surface area contributed by atoms with Crippen LogP contribution < -0.4 is 4.80 Å². The molecular weight excluding hydrogens is 493 g/mol. The molecule has 0 radical (unpaired) electrons. The molecule has 0 aliphatic rings. The predicted molar refractivity (Wildman–Crippen MR) is 97.3 cm³/mol. The zero-order valence-electron chi connectivity index (χ0n) is 15.1. The van der Waals surface area contributed by atoms with E-state index < -0.39 is 0 Å². The molecule has 0 fully saturated rings. The fourth-order valence-electron chi connectivity index (χ4n) is 2.50. The molecule has 144 valence electrons. The maximum absolute atomic E-state index is 12.1. The molecule has 0 saturated heterocycles. The van der Waals surface area contributed by atoms with Crippen molar-refractivity contribution in [3.05, 3.63) is 45.7 Å². The number of carbonyl (C=O) groups is 1. The summed E-state index contributed by atoms with van der Waals surface area (Å²) in [4.78, 5) is 18.8. The van der Waals surface area contributed by atoms with Gasteiger partial charge in [0.25, 0.3) is 0 Å². The predicted octanol–water partition coefficient (Wildman–Crippen LogP) is 3.95. The SMILES string of the molecule is CCCC(C)COC(=O)Cc1ccccc1N=c1sc(C)[c-]n1C.[Yb]. The number of rotatable bonds is 7. The van der Waals surface area contributed by atoms with Crippen LogP contribution in [0.3, 0.4) is 0 Å². The summed E-state index contributed by atoms with van der Waals surface area (Å²) < 4.78 is 7.28. The van der Waals surface area contributed by atoms with Gasteiger partial charge in [0.05, 0.1) is 13.0 Å². The summed E-state index contributed by atoms with van der Waals surface area (Å²) in [6.07, 6.45) is 5.61. The van der Waals surface area contributed by atoms with Crippen LogP contribution in [0.25, 0.3) is 0 Å². The summed E-state index contributed by atoms with van der Waals surface area (Å²) in [5, 5.41) is 0. The Hall–Kier alpha value is -0.361. The standard InChI is InChI=1S/C19H25N2O2S.Yb/c1-5-8-14(2)13-23-18(22)11-16-9-6-7-10-17(16)20-19-21(4)12-15(3)24-19;/h6-7,9-10,14H,5,8,11,13H2,1-4H3;/q-1;. The van der Waals surface area contributed by atoms with Gasteiger partial charge in [-0.3, -0.25) is 4.79 Å². The summed E-state index contributed by atoms with van der Waals surface area (Å²) in [5.74, 6) is 0.210. The van der Waals surface area contributed by atoms with Crippen molar-refractivity contribution in [1.29, 1.82) is 0 Å². The monoisotopic (exact) mass is 519 g/mol. The van der Waals surface area contributed by atoms with Crippen molar-refractivity contribution in [2.75, 3.05) is 6.61 Å². The van der Waals surface area contributed by atoms with Crippen molar-refractivity contribution in [3.8, 4) is 0 Å². The number of benzene rings is 1. The third-order valence-corrected chi connectivity index (χ3v) is 4.65. The fourth-order valence-corrected chi connectivity index (χ4v) is 3.28. The van der Waals surface area contributed by atoms with Crippen LogP contribution in [0.4, 0.5) is 5.69 Å². The van der Waals surface area contributed by atoms with E-state index in [1.165, 1.54) is 0 Å². The first-order valence-corrected chi connectivity index (χ1v) is 9.15. The largest absolute Gasteiger partial charge is 0.490 e. The smallest absolute Gasteiger partial charge is 0.310 e. The first-order chi connectivity index (χ1) is 11.5. The normalized spacial score (nSPS) is 12.6. The topological polar surface area (TPSA) is 43.6 Å². The van der Waals surface area contributed by atoms with Crippen LogP contribution in [0.5, 0.6) is 0 Å². The number of nitrogens with zero attached hydrogens (tertiary/aromatic N) is 2. The van der Waals surface area contributed by atoms with Crippen molar-refractivity contribution in [3.63, 3.8) is 0 Å². The second kappa shape index (κ2) is 11.4.